The minimum Gasteiger partial charge on any atom is -0.396 e. The van der Waals surface area contributed by atoms with E-state index in [9.17, 15) is 9.18 Å². The molecule has 0 bridgehead atoms. The summed E-state index contributed by atoms with van der Waals surface area (Å²) in [7, 11) is 0. The van der Waals surface area contributed by atoms with E-state index in [1.165, 1.54) is 12.1 Å². The van der Waals surface area contributed by atoms with Crippen LogP contribution < -0.4 is 5.73 Å². The Morgan fingerprint density at radius 2 is 2.24 bits per heavy atom. The fourth-order valence-corrected chi connectivity index (χ4v) is 3.40. The van der Waals surface area contributed by atoms with Crippen molar-refractivity contribution in [1.29, 1.82) is 0 Å². The average molecular weight is 369 g/mol. The van der Waals surface area contributed by atoms with Crippen LogP contribution in [0.25, 0.3) is 0 Å². The zero-order chi connectivity index (χ0) is 15.0. The van der Waals surface area contributed by atoms with Crippen molar-refractivity contribution in [2.45, 2.75) is 25.4 Å². The third-order valence-corrected chi connectivity index (χ3v) is 4.99. The van der Waals surface area contributed by atoms with E-state index in [4.69, 9.17) is 5.73 Å². The predicted molar refractivity (Wildman–Crippen MR) is 85.7 cm³/mol. The minimum atomic E-state index is -0.519. The Labute approximate surface area is 134 Å². The zero-order valence-corrected chi connectivity index (χ0v) is 13.6. The molecule has 1 heterocycles. The average Bonchev–Trinajstić information content (AvgIpc) is 3.16. The van der Waals surface area contributed by atoms with Gasteiger partial charge in [0.1, 0.15) is 5.82 Å². The van der Waals surface area contributed by atoms with Gasteiger partial charge in [0, 0.05) is 15.4 Å². The molecule has 2 N–H and O–H groups in total. The Balaban J connectivity index is 1.89. The summed E-state index contributed by atoms with van der Waals surface area (Å²) in [5.74, 6) is -0.626. The van der Waals surface area contributed by atoms with Gasteiger partial charge in [0.15, 0.2) is 0 Å². The highest BCUT2D eigenvalue weighted by Gasteiger charge is 2.34. The maximum atomic E-state index is 13.4. The number of benzene rings is 1. The minimum absolute atomic E-state index is 0.00609. The fourth-order valence-electron chi connectivity index (χ4n) is 2.21. The molecule has 0 aliphatic heterocycles. The van der Waals surface area contributed by atoms with E-state index in [0.717, 1.165) is 17.7 Å². The molecule has 2 aromatic rings. The molecule has 21 heavy (non-hydrogen) atoms. The fraction of sp³-hybridized carbons (Fsp3) is 0.267. The van der Waals surface area contributed by atoms with Crippen LogP contribution in [0.15, 0.2) is 34.1 Å². The van der Waals surface area contributed by atoms with Crippen molar-refractivity contribution >= 4 is 38.9 Å². The van der Waals surface area contributed by atoms with Gasteiger partial charge in [-0.3, -0.25) is 4.79 Å². The Morgan fingerprint density at radius 3 is 2.86 bits per heavy atom. The lowest BCUT2D eigenvalue weighted by Gasteiger charge is -2.22. The van der Waals surface area contributed by atoms with E-state index >= 15 is 0 Å². The van der Waals surface area contributed by atoms with Crippen molar-refractivity contribution in [2.24, 2.45) is 0 Å². The molecule has 0 atom stereocenters. The highest BCUT2D eigenvalue weighted by Crippen LogP contribution is 2.33. The van der Waals surface area contributed by atoms with Gasteiger partial charge in [-0.1, -0.05) is 6.07 Å². The molecular weight excluding hydrogens is 355 g/mol. The summed E-state index contributed by atoms with van der Waals surface area (Å²) in [4.78, 5) is 15.8. The third-order valence-electron chi connectivity index (χ3n) is 3.47. The molecule has 6 heteroatoms. The number of nitrogens with zero attached hydrogens (tertiary/aromatic N) is 1. The number of carbonyl (C=O) groups excluding carboxylic acids is 1. The van der Waals surface area contributed by atoms with Crippen LogP contribution in [0.5, 0.6) is 0 Å². The third kappa shape index (κ3) is 3.11. The number of nitrogen functional groups attached to an aromatic ring is 1. The summed E-state index contributed by atoms with van der Waals surface area (Å²) in [5.41, 5.74) is 6.00. The van der Waals surface area contributed by atoms with Crippen LogP contribution in [-0.2, 0) is 6.54 Å². The number of carbonyl (C=O) groups is 1. The smallest absolute Gasteiger partial charge is 0.255 e. The summed E-state index contributed by atoms with van der Waals surface area (Å²) >= 11 is 4.89. The lowest BCUT2D eigenvalue weighted by Crippen LogP contribution is -2.32. The number of amides is 1. The highest BCUT2D eigenvalue weighted by molar-refractivity contribution is 9.10. The van der Waals surface area contributed by atoms with Crippen LogP contribution in [0.2, 0.25) is 0 Å². The number of hydrogen-bond donors (Lipinski definition) is 1. The van der Waals surface area contributed by atoms with Gasteiger partial charge in [0.2, 0.25) is 0 Å². The number of halogens is 2. The zero-order valence-electron chi connectivity index (χ0n) is 11.2. The molecule has 1 aromatic carbocycles. The van der Waals surface area contributed by atoms with Gasteiger partial charge in [-0.15, -0.1) is 11.3 Å². The molecule has 0 spiro atoms. The van der Waals surface area contributed by atoms with Crippen molar-refractivity contribution in [3.8, 4) is 0 Å². The van der Waals surface area contributed by atoms with Gasteiger partial charge in [-0.2, -0.15) is 0 Å². The van der Waals surface area contributed by atoms with E-state index in [0.29, 0.717) is 16.6 Å². The van der Waals surface area contributed by atoms with Crippen LogP contribution in [0.1, 0.15) is 28.1 Å². The number of thiophene rings is 1. The van der Waals surface area contributed by atoms with Crippen LogP contribution >= 0.6 is 27.3 Å². The molecule has 1 aliphatic rings. The number of nitrogens with two attached hydrogens (primary N) is 1. The van der Waals surface area contributed by atoms with Gasteiger partial charge in [0.25, 0.3) is 5.91 Å². The lowest BCUT2D eigenvalue weighted by molar-refractivity contribution is 0.0731. The van der Waals surface area contributed by atoms with E-state index in [1.807, 2.05) is 22.4 Å². The summed E-state index contributed by atoms with van der Waals surface area (Å²) in [6, 6.07) is 6.92. The summed E-state index contributed by atoms with van der Waals surface area (Å²) < 4.78 is 13.9. The topological polar surface area (TPSA) is 46.3 Å². The van der Waals surface area contributed by atoms with Crippen molar-refractivity contribution in [2.75, 3.05) is 5.73 Å². The van der Waals surface area contributed by atoms with Crippen molar-refractivity contribution in [3.63, 3.8) is 0 Å². The van der Waals surface area contributed by atoms with Crippen LogP contribution in [-0.4, -0.2) is 16.8 Å². The highest BCUT2D eigenvalue weighted by atomic mass is 79.9. The molecule has 0 unspecified atom stereocenters. The van der Waals surface area contributed by atoms with E-state index < -0.39 is 5.82 Å². The first-order valence-electron chi connectivity index (χ1n) is 6.64. The van der Waals surface area contributed by atoms with Gasteiger partial charge >= 0.3 is 0 Å². The normalized spacial score (nSPS) is 14.2. The maximum Gasteiger partial charge on any atom is 0.255 e. The standard InChI is InChI=1S/C15H14BrFN2OS/c16-12-7-13(17)14(18)6-11(12)15(20)19(9-3-4-9)8-10-2-1-5-21-10/h1-2,5-7,9H,3-4,8,18H2. The second-order valence-electron chi connectivity index (χ2n) is 5.10. The van der Waals surface area contributed by atoms with Crippen molar-refractivity contribution in [1.82, 2.24) is 4.90 Å². The van der Waals surface area contributed by atoms with Gasteiger partial charge in [0.05, 0.1) is 17.8 Å². The molecule has 3 nitrogen and oxygen atoms in total. The monoisotopic (exact) mass is 368 g/mol. The molecular formula is C15H14BrFN2OS. The Kier molecular flexibility index (Phi) is 3.99. The predicted octanol–water partition coefficient (Wildman–Crippen LogP) is 4.04. The largest absolute Gasteiger partial charge is 0.396 e. The number of hydrogen-bond acceptors (Lipinski definition) is 3. The molecule has 3 rings (SSSR count). The van der Waals surface area contributed by atoms with E-state index in [2.05, 4.69) is 15.9 Å². The molecule has 1 fully saturated rings. The first-order valence-corrected chi connectivity index (χ1v) is 8.31. The second-order valence-corrected chi connectivity index (χ2v) is 6.98. The maximum absolute atomic E-state index is 13.4. The molecule has 110 valence electrons. The lowest BCUT2D eigenvalue weighted by atomic mass is 10.1. The van der Waals surface area contributed by atoms with Crippen molar-refractivity contribution < 1.29 is 9.18 Å². The molecule has 0 saturated heterocycles. The van der Waals surface area contributed by atoms with Crippen molar-refractivity contribution in [3.05, 3.63) is 50.4 Å². The Hall–Kier alpha value is -1.40. The van der Waals surface area contributed by atoms with E-state index in [-0.39, 0.29) is 17.6 Å². The second kappa shape index (κ2) is 5.77. The Bertz CT molecular complexity index is 671. The quantitative estimate of drug-likeness (QED) is 0.827. The van der Waals surface area contributed by atoms with Crippen LogP contribution in [0.3, 0.4) is 0 Å². The Morgan fingerprint density at radius 1 is 1.48 bits per heavy atom. The first kappa shape index (κ1) is 14.5. The summed E-state index contributed by atoms with van der Waals surface area (Å²) in [6.45, 7) is 0.588. The van der Waals surface area contributed by atoms with Crippen LogP contribution in [0, 0.1) is 5.82 Å². The van der Waals surface area contributed by atoms with Gasteiger partial charge in [-0.25, -0.2) is 4.39 Å². The SMILES string of the molecule is Nc1cc(C(=O)N(Cc2cccs2)C2CC2)c(Br)cc1F. The first-order chi connectivity index (χ1) is 10.1. The van der Waals surface area contributed by atoms with Gasteiger partial charge in [-0.05, 0) is 52.4 Å². The molecule has 1 amide bonds. The summed E-state index contributed by atoms with van der Waals surface area (Å²) in [6.07, 6.45) is 2.04. The molecule has 0 radical (unpaired) electrons. The number of anilines is 1. The van der Waals surface area contributed by atoms with Crippen LogP contribution in [0.4, 0.5) is 10.1 Å². The van der Waals surface area contributed by atoms with E-state index in [1.54, 1.807) is 11.3 Å². The number of rotatable bonds is 4. The molecule has 1 saturated carbocycles. The van der Waals surface area contributed by atoms with Gasteiger partial charge < -0.3 is 10.6 Å². The molecule has 1 aliphatic carbocycles. The summed E-state index contributed by atoms with van der Waals surface area (Å²) in [5, 5.41) is 2.00. The molecule has 1 aromatic heterocycles.